The minimum atomic E-state index is 0.444. The van der Waals surface area contributed by atoms with Crippen molar-refractivity contribution in [1.29, 1.82) is 0 Å². The predicted molar refractivity (Wildman–Crippen MR) is 43.7 cm³/mol. The minimum absolute atomic E-state index is 0.444. The fourth-order valence-corrected chi connectivity index (χ4v) is 0.867. The highest BCUT2D eigenvalue weighted by Crippen LogP contribution is 2.20. The van der Waals surface area contributed by atoms with Crippen molar-refractivity contribution in [3.05, 3.63) is 17.5 Å². The number of hydrogen-bond acceptors (Lipinski definition) is 2. The van der Waals surface area contributed by atoms with E-state index in [1.807, 2.05) is 13.0 Å². The van der Waals surface area contributed by atoms with Gasteiger partial charge >= 0.3 is 0 Å². The van der Waals surface area contributed by atoms with E-state index in [2.05, 4.69) is 34.7 Å². The summed E-state index contributed by atoms with van der Waals surface area (Å²) in [6.45, 7) is 3.98. The summed E-state index contributed by atoms with van der Waals surface area (Å²) in [4.78, 5) is 0. The lowest BCUT2D eigenvalue weighted by Crippen LogP contribution is -1.79. The van der Waals surface area contributed by atoms with E-state index in [0.29, 0.717) is 3.92 Å². The fourth-order valence-electron chi connectivity index (χ4n) is 0.573. The first kappa shape index (κ1) is 7.05. The van der Waals surface area contributed by atoms with Crippen LogP contribution in [0.4, 0.5) is 0 Å². The smallest absolute Gasteiger partial charge is 0.133 e. The molecule has 9 heavy (non-hydrogen) atoms. The molecule has 0 aliphatic carbocycles. The second kappa shape index (κ2) is 2.68. The zero-order chi connectivity index (χ0) is 6.85. The third-order valence-corrected chi connectivity index (χ3v) is 1.69. The number of nitrogens with zero attached hydrogens (tertiary/aromatic N) is 1. The first-order chi connectivity index (χ1) is 4.20. The third kappa shape index (κ3) is 1.67. The largest absolute Gasteiger partial charge is 0.361 e. The van der Waals surface area contributed by atoms with Crippen molar-refractivity contribution < 1.29 is 4.52 Å². The molecule has 1 aromatic heterocycles. The molecule has 0 spiro atoms. The van der Waals surface area contributed by atoms with Crippen LogP contribution in [0.2, 0.25) is 0 Å². The second-order valence-corrected chi connectivity index (χ2v) is 3.85. The molecule has 3 heteroatoms. The lowest BCUT2D eigenvalue weighted by molar-refractivity contribution is 0.391. The molecule has 50 valence electrons. The average molecular weight is 237 g/mol. The Morgan fingerprint density at radius 2 is 2.44 bits per heavy atom. The van der Waals surface area contributed by atoms with Crippen molar-refractivity contribution in [1.82, 2.24) is 5.16 Å². The van der Waals surface area contributed by atoms with Gasteiger partial charge in [0.25, 0.3) is 0 Å². The van der Waals surface area contributed by atoms with Gasteiger partial charge in [-0.05, 0) is 13.8 Å². The number of rotatable bonds is 1. The zero-order valence-electron chi connectivity index (χ0n) is 5.39. The van der Waals surface area contributed by atoms with Crippen molar-refractivity contribution >= 4 is 22.6 Å². The molecule has 0 aliphatic heterocycles. The lowest BCUT2D eigenvalue weighted by Gasteiger charge is -1.90. The summed E-state index contributed by atoms with van der Waals surface area (Å²) < 4.78 is 5.32. The molecule has 2 nitrogen and oxygen atoms in total. The van der Waals surface area contributed by atoms with Crippen LogP contribution in [0.15, 0.2) is 10.6 Å². The van der Waals surface area contributed by atoms with Gasteiger partial charge in [0.2, 0.25) is 0 Å². The van der Waals surface area contributed by atoms with E-state index in [4.69, 9.17) is 4.52 Å². The Morgan fingerprint density at radius 1 is 1.78 bits per heavy atom. The van der Waals surface area contributed by atoms with Crippen molar-refractivity contribution in [2.75, 3.05) is 0 Å². The molecule has 0 N–H and O–H groups in total. The Morgan fingerprint density at radius 3 is 2.67 bits per heavy atom. The van der Waals surface area contributed by atoms with Gasteiger partial charge < -0.3 is 4.52 Å². The summed E-state index contributed by atoms with van der Waals surface area (Å²) in [6, 6.07) is 1.96. The first-order valence-corrected chi connectivity index (χ1v) is 4.02. The van der Waals surface area contributed by atoms with Crippen molar-refractivity contribution in [2.24, 2.45) is 0 Å². The molecular weight excluding hydrogens is 229 g/mol. The number of aryl methyl sites for hydroxylation is 1. The minimum Gasteiger partial charge on any atom is -0.361 e. The fraction of sp³-hybridized carbons (Fsp3) is 0.500. The van der Waals surface area contributed by atoms with Gasteiger partial charge in [0.1, 0.15) is 5.76 Å². The quantitative estimate of drug-likeness (QED) is 0.554. The molecule has 0 amide bonds. The summed E-state index contributed by atoms with van der Waals surface area (Å²) in [7, 11) is 0. The molecule has 0 bridgehead atoms. The average Bonchev–Trinajstić information content (AvgIpc) is 2.14. The Labute approximate surface area is 67.8 Å². The van der Waals surface area contributed by atoms with Gasteiger partial charge in [-0.15, -0.1) is 0 Å². The molecule has 0 saturated heterocycles. The van der Waals surface area contributed by atoms with Crippen LogP contribution in [0.25, 0.3) is 0 Å². The summed E-state index contributed by atoms with van der Waals surface area (Å²) >= 11 is 2.30. The third-order valence-electron chi connectivity index (χ3n) is 1.05. The molecule has 1 rings (SSSR count). The van der Waals surface area contributed by atoms with Crippen LogP contribution in [0.3, 0.4) is 0 Å². The van der Waals surface area contributed by atoms with E-state index < -0.39 is 0 Å². The highest BCUT2D eigenvalue weighted by molar-refractivity contribution is 14.1. The van der Waals surface area contributed by atoms with Gasteiger partial charge in [-0.3, -0.25) is 0 Å². The summed E-state index contributed by atoms with van der Waals surface area (Å²) in [5.41, 5.74) is 1.02. The maximum absolute atomic E-state index is 4.87. The van der Waals surface area contributed by atoms with Crippen molar-refractivity contribution in [2.45, 2.75) is 17.8 Å². The van der Waals surface area contributed by atoms with Crippen LogP contribution in [0.5, 0.6) is 0 Å². The number of halogens is 1. The van der Waals surface area contributed by atoms with Crippen LogP contribution in [-0.4, -0.2) is 5.16 Å². The molecule has 1 atom stereocenters. The topological polar surface area (TPSA) is 26.0 Å². The van der Waals surface area contributed by atoms with Crippen LogP contribution < -0.4 is 0 Å². The van der Waals surface area contributed by atoms with Gasteiger partial charge in [0, 0.05) is 6.07 Å². The van der Waals surface area contributed by atoms with E-state index in [1.165, 1.54) is 0 Å². The molecule has 0 fully saturated rings. The van der Waals surface area contributed by atoms with E-state index in [1.54, 1.807) is 0 Å². The van der Waals surface area contributed by atoms with Gasteiger partial charge in [-0.1, -0.05) is 27.7 Å². The summed E-state index contributed by atoms with van der Waals surface area (Å²) in [5.74, 6) is 0.883. The van der Waals surface area contributed by atoms with Gasteiger partial charge in [0.15, 0.2) is 0 Å². The highest BCUT2D eigenvalue weighted by atomic mass is 127. The monoisotopic (exact) mass is 237 g/mol. The van der Waals surface area contributed by atoms with Gasteiger partial charge in [-0.25, -0.2) is 0 Å². The first-order valence-electron chi connectivity index (χ1n) is 2.77. The van der Waals surface area contributed by atoms with E-state index in [0.717, 1.165) is 11.5 Å². The predicted octanol–water partition coefficient (Wildman–Crippen LogP) is 2.48. The summed E-state index contributed by atoms with van der Waals surface area (Å²) in [5, 5.41) is 3.83. The number of hydrogen-bond donors (Lipinski definition) is 0. The Kier molecular flexibility index (Phi) is 2.10. The molecule has 1 aromatic rings. The zero-order valence-corrected chi connectivity index (χ0v) is 7.55. The Hall–Kier alpha value is -0.0600. The molecule has 1 heterocycles. The summed E-state index contributed by atoms with van der Waals surface area (Å²) in [6.07, 6.45) is 0. The Bertz CT molecular complexity index is 195. The highest BCUT2D eigenvalue weighted by Gasteiger charge is 2.04. The molecule has 1 unspecified atom stereocenters. The second-order valence-electron chi connectivity index (χ2n) is 1.98. The van der Waals surface area contributed by atoms with E-state index >= 15 is 0 Å². The molecular formula is C6H8INO. The number of aromatic nitrogens is 1. The van der Waals surface area contributed by atoms with Gasteiger partial charge in [-0.2, -0.15) is 0 Å². The molecule has 0 radical (unpaired) electrons. The van der Waals surface area contributed by atoms with Crippen LogP contribution in [-0.2, 0) is 0 Å². The lowest BCUT2D eigenvalue weighted by atomic mass is 10.3. The standard InChI is InChI=1S/C6H8INO/c1-4-3-6(5(2)7)8-9-4/h3,5H,1-2H3. The maximum Gasteiger partial charge on any atom is 0.133 e. The SMILES string of the molecule is Cc1cc(C(C)I)no1. The molecule has 0 aliphatic rings. The van der Waals surface area contributed by atoms with Gasteiger partial charge in [0.05, 0.1) is 9.62 Å². The maximum atomic E-state index is 4.87. The molecule has 0 aromatic carbocycles. The normalized spacial score (nSPS) is 13.7. The van der Waals surface area contributed by atoms with E-state index in [-0.39, 0.29) is 0 Å². The molecule has 0 saturated carbocycles. The van der Waals surface area contributed by atoms with Crippen LogP contribution in [0.1, 0.15) is 22.3 Å². The van der Waals surface area contributed by atoms with E-state index in [9.17, 15) is 0 Å². The van der Waals surface area contributed by atoms with Crippen molar-refractivity contribution in [3.63, 3.8) is 0 Å². The van der Waals surface area contributed by atoms with Crippen LogP contribution >= 0.6 is 22.6 Å². The number of alkyl halides is 1. The van der Waals surface area contributed by atoms with Crippen LogP contribution in [0, 0.1) is 6.92 Å². The Balaban J connectivity index is 2.85. The van der Waals surface area contributed by atoms with Crippen molar-refractivity contribution in [3.8, 4) is 0 Å².